The summed E-state index contributed by atoms with van der Waals surface area (Å²) >= 11 is 0. The summed E-state index contributed by atoms with van der Waals surface area (Å²) in [6, 6.07) is 0.0821. The van der Waals surface area contributed by atoms with E-state index < -0.39 is 5.41 Å². The van der Waals surface area contributed by atoms with Crippen LogP contribution in [-0.4, -0.2) is 47.6 Å². The number of piperidine rings is 1. The van der Waals surface area contributed by atoms with Crippen LogP contribution < -0.4 is 5.32 Å². The van der Waals surface area contributed by atoms with Crippen molar-refractivity contribution in [2.24, 2.45) is 17.3 Å². The molecule has 3 unspecified atom stereocenters. The number of hydrogen-bond acceptors (Lipinski definition) is 3. The monoisotopic (exact) mass is 338 g/mol. The zero-order valence-corrected chi connectivity index (χ0v) is 15.5. The van der Waals surface area contributed by atoms with E-state index in [4.69, 9.17) is 0 Å². The quantitative estimate of drug-likeness (QED) is 0.776. The van der Waals surface area contributed by atoms with Gasteiger partial charge in [0.05, 0.1) is 5.92 Å². The largest absolute Gasteiger partial charge is 0.396 e. The average Bonchev–Trinajstić information content (AvgIpc) is 2.78. The molecule has 0 aromatic heterocycles. The fraction of sp³-hybridized carbons (Fsp3) is 0.895. The maximum atomic E-state index is 12.7. The number of aliphatic hydroxyl groups excluding tert-OH is 1. The Hall–Kier alpha value is -1.10. The molecule has 138 valence electrons. The second-order valence-electron chi connectivity index (χ2n) is 8.54. The van der Waals surface area contributed by atoms with Crippen molar-refractivity contribution in [2.45, 2.75) is 71.8 Å². The summed E-state index contributed by atoms with van der Waals surface area (Å²) in [5.74, 6) is 0.245. The highest BCUT2D eigenvalue weighted by Crippen LogP contribution is 2.26. The number of nitrogens with one attached hydrogen (secondary N) is 1. The summed E-state index contributed by atoms with van der Waals surface area (Å²) in [5, 5.41) is 12.8. The van der Waals surface area contributed by atoms with Crippen LogP contribution in [0.25, 0.3) is 0 Å². The average molecular weight is 338 g/mol. The zero-order valence-electron chi connectivity index (χ0n) is 15.5. The van der Waals surface area contributed by atoms with Crippen LogP contribution in [0.1, 0.15) is 65.7 Å². The Morgan fingerprint density at radius 3 is 2.46 bits per heavy atom. The first-order valence-electron chi connectivity index (χ1n) is 9.53. The van der Waals surface area contributed by atoms with E-state index in [1.807, 2.05) is 25.7 Å². The van der Waals surface area contributed by atoms with Crippen LogP contribution in [0.2, 0.25) is 0 Å². The van der Waals surface area contributed by atoms with Crippen molar-refractivity contribution in [3.8, 4) is 0 Å². The van der Waals surface area contributed by atoms with Crippen LogP contribution in [-0.2, 0) is 9.59 Å². The lowest BCUT2D eigenvalue weighted by Gasteiger charge is -2.36. The zero-order chi connectivity index (χ0) is 17.7. The van der Waals surface area contributed by atoms with Crippen molar-refractivity contribution >= 4 is 11.8 Å². The highest BCUT2D eigenvalue weighted by Gasteiger charge is 2.34. The van der Waals surface area contributed by atoms with Gasteiger partial charge in [0.25, 0.3) is 0 Å². The molecule has 1 heterocycles. The normalized spacial score (nSPS) is 29.0. The van der Waals surface area contributed by atoms with Crippen molar-refractivity contribution in [1.82, 2.24) is 10.2 Å². The Kier molecular flexibility index (Phi) is 6.67. The first-order valence-corrected chi connectivity index (χ1v) is 9.53. The minimum atomic E-state index is -0.401. The molecule has 5 nitrogen and oxygen atoms in total. The van der Waals surface area contributed by atoms with Gasteiger partial charge in [0.2, 0.25) is 11.8 Å². The van der Waals surface area contributed by atoms with Crippen molar-refractivity contribution in [3.05, 3.63) is 0 Å². The summed E-state index contributed by atoms with van der Waals surface area (Å²) in [5.41, 5.74) is -0.401. The number of likely N-dealkylation sites (tertiary alicyclic amines) is 1. The highest BCUT2D eigenvalue weighted by atomic mass is 16.3. The number of hydrogen-bond donors (Lipinski definition) is 2. The molecule has 1 aliphatic carbocycles. The highest BCUT2D eigenvalue weighted by molar-refractivity contribution is 5.84. The molecule has 1 saturated carbocycles. The van der Waals surface area contributed by atoms with E-state index in [0.717, 1.165) is 45.1 Å². The van der Waals surface area contributed by atoms with Crippen molar-refractivity contribution in [2.75, 3.05) is 19.7 Å². The van der Waals surface area contributed by atoms with Crippen LogP contribution in [0, 0.1) is 17.3 Å². The maximum absolute atomic E-state index is 12.7. The minimum Gasteiger partial charge on any atom is -0.396 e. The van der Waals surface area contributed by atoms with Gasteiger partial charge in [-0.2, -0.15) is 0 Å². The molecule has 0 bridgehead atoms. The van der Waals surface area contributed by atoms with Gasteiger partial charge in [-0.3, -0.25) is 9.59 Å². The molecule has 2 fully saturated rings. The third-order valence-corrected chi connectivity index (χ3v) is 5.44. The SMILES string of the molecule is CC(C)(C)C(=O)N1CCCC(C(=O)NC2CCCCCC2CO)C1. The first kappa shape index (κ1) is 19.2. The molecular weight excluding hydrogens is 304 g/mol. The predicted molar refractivity (Wildman–Crippen MR) is 94.4 cm³/mol. The number of amides is 2. The third kappa shape index (κ3) is 4.95. The number of carbonyl (C=O) groups is 2. The Balaban J connectivity index is 1.94. The van der Waals surface area contributed by atoms with Gasteiger partial charge in [-0.1, -0.05) is 40.0 Å². The van der Waals surface area contributed by atoms with Gasteiger partial charge in [0.1, 0.15) is 0 Å². The van der Waals surface area contributed by atoms with E-state index in [0.29, 0.717) is 6.54 Å². The summed E-state index contributed by atoms with van der Waals surface area (Å²) in [4.78, 5) is 27.1. The Bertz CT molecular complexity index is 444. The van der Waals surface area contributed by atoms with Gasteiger partial charge in [-0.05, 0) is 25.7 Å². The van der Waals surface area contributed by atoms with Gasteiger partial charge >= 0.3 is 0 Å². The van der Waals surface area contributed by atoms with Crippen molar-refractivity contribution < 1.29 is 14.7 Å². The second-order valence-corrected chi connectivity index (χ2v) is 8.54. The topological polar surface area (TPSA) is 69.6 Å². The van der Waals surface area contributed by atoms with E-state index >= 15 is 0 Å². The fourth-order valence-corrected chi connectivity index (χ4v) is 3.94. The van der Waals surface area contributed by atoms with Gasteiger partial charge in [0, 0.05) is 37.1 Å². The van der Waals surface area contributed by atoms with Crippen molar-refractivity contribution in [1.29, 1.82) is 0 Å². The van der Waals surface area contributed by atoms with Gasteiger partial charge in [-0.25, -0.2) is 0 Å². The summed E-state index contributed by atoms with van der Waals surface area (Å²) in [6.07, 6.45) is 7.09. The van der Waals surface area contributed by atoms with Gasteiger partial charge in [-0.15, -0.1) is 0 Å². The summed E-state index contributed by atoms with van der Waals surface area (Å²) in [6.45, 7) is 7.20. The van der Waals surface area contributed by atoms with Crippen molar-refractivity contribution in [3.63, 3.8) is 0 Å². The molecule has 0 aromatic carbocycles. The molecule has 0 spiro atoms. The molecule has 2 aliphatic rings. The molecule has 2 rings (SSSR count). The lowest BCUT2D eigenvalue weighted by atomic mass is 9.90. The fourth-order valence-electron chi connectivity index (χ4n) is 3.94. The van der Waals surface area contributed by atoms with Gasteiger partial charge < -0.3 is 15.3 Å². The minimum absolute atomic E-state index is 0.0618. The van der Waals surface area contributed by atoms with Crippen LogP contribution >= 0.6 is 0 Å². The van der Waals surface area contributed by atoms with E-state index in [-0.39, 0.29) is 36.3 Å². The molecule has 0 radical (unpaired) electrons. The molecule has 3 atom stereocenters. The number of carbonyl (C=O) groups excluding carboxylic acids is 2. The Morgan fingerprint density at radius 1 is 1.08 bits per heavy atom. The predicted octanol–water partition coefficient (Wildman–Crippen LogP) is 2.33. The lowest BCUT2D eigenvalue weighted by molar-refractivity contribution is -0.143. The van der Waals surface area contributed by atoms with Gasteiger partial charge in [0.15, 0.2) is 0 Å². The maximum Gasteiger partial charge on any atom is 0.227 e. The van der Waals surface area contributed by atoms with Crippen LogP contribution in [0.4, 0.5) is 0 Å². The molecule has 2 amide bonds. The molecule has 2 N–H and O–H groups in total. The molecule has 5 heteroatoms. The number of nitrogens with zero attached hydrogens (tertiary/aromatic N) is 1. The molecule has 1 aliphatic heterocycles. The third-order valence-electron chi connectivity index (χ3n) is 5.44. The van der Waals surface area contributed by atoms with Crippen LogP contribution in [0.3, 0.4) is 0 Å². The molecule has 1 saturated heterocycles. The Morgan fingerprint density at radius 2 is 1.79 bits per heavy atom. The molecule has 0 aromatic rings. The van der Waals surface area contributed by atoms with E-state index in [2.05, 4.69) is 5.32 Å². The van der Waals surface area contributed by atoms with E-state index in [1.165, 1.54) is 6.42 Å². The first-order chi connectivity index (χ1) is 11.3. The van der Waals surface area contributed by atoms with E-state index in [1.54, 1.807) is 0 Å². The summed E-state index contributed by atoms with van der Waals surface area (Å²) < 4.78 is 0. The summed E-state index contributed by atoms with van der Waals surface area (Å²) in [7, 11) is 0. The number of aliphatic hydroxyl groups is 1. The van der Waals surface area contributed by atoms with E-state index in [9.17, 15) is 14.7 Å². The smallest absolute Gasteiger partial charge is 0.227 e. The second kappa shape index (κ2) is 8.32. The van der Waals surface area contributed by atoms with Crippen LogP contribution in [0.15, 0.2) is 0 Å². The molecular formula is C19H34N2O3. The Labute approximate surface area is 146 Å². The lowest BCUT2D eigenvalue weighted by Crippen LogP contribution is -2.51. The number of rotatable bonds is 3. The molecule has 24 heavy (non-hydrogen) atoms. The standard InChI is InChI=1S/C19H34N2O3/c1-19(2,3)18(24)21-11-7-9-14(12-21)17(23)20-16-10-6-4-5-8-15(16)13-22/h14-16,22H,4-13H2,1-3H3,(H,20,23). The van der Waals surface area contributed by atoms with Crippen LogP contribution in [0.5, 0.6) is 0 Å².